The van der Waals surface area contributed by atoms with Gasteiger partial charge in [-0.1, -0.05) is 32.0 Å². The lowest BCUT2D eigenvalue weighted by Gasteiger charge is -2.39. The maximum atomic E-state index is 13.9. The maximum absolute atomic E-state index is 13.9. The molecule has 1 aliphatic rings. The van der Waals surface area contributed by atoms with Crippen LogP contribution in [0.15, 0.2) is 52.7 Å². The molecule has 1 fully saturated rings. The first-order chi connectivity index (χ1) is 19.0. The summed E-state index contributed by atoms with van der Waals surface area (Å²) in [5, 5.41) is 0.257. The minimum absolute atomic E-state index is 0.0249. The van der Waals surface area contributed by atoms with Gasteiger partial charge in [0.15, 0.2) is 5.65 Å². The van der Waals surface area contributed by atoms with Crippen LogP contribution in [-0.2, 0) is 11.3 Å². The van der Waals surface area contributed by atoms with Gasteiger partial charge in [-0.05, 0) is 61.2 Å². The number of rotatable bonds is 6. The summed E-state index contributed by atoms with van der Waals surface area (Å²) in [6, 6.07) is 6.98. The van der Waals surface area contributed by atoms with Crippen molar-refractivity contribution in [1.82, 2.24) is 29.0 Å². The molecule has 0 radical (unpaired) electrons. The van der Waals surface area contributed by atoms with E-state index in [-0.39, 0.29) is 35.0 Å². The van der Waals surface area contributed by atoms with Gasteiger partial charge < -0.3 is 15.2 Å². The van der Waals surface area contributed by atoms with Crippen molar-refractivity contribution in [1.29, 1.82) is 0 Å². The monoisotopic (exact) mass is 559 g/mol. The van der Waals surface area contributed by atoms with Gasteiger partial charge in [0, 0.05) is 31.7 Å². The summed E-state index contributed by atoms with van der Waals surface area (Å²) in [6.07, 6.45) is 2.95. The highest BCUT2D eigenvalue weighted by Crippen LogP contribution is 2.32. The highest BCUT2D eigenvalue weighted by molar-refractivity contribution is 6.33. The molecule has 0 spiro atoms. The average molecular weight is 560 g/mol. The molecule has 0 saturated carbocycles. The Morgan fingerprint density at radius 3 is 2.55 bits per heavy atom. The van der Waals surface area contributed by atoms with Crippen LogP contribution in [-0.4, -0.2) is 48.0 Å². The van der Waals surface area contributed by atoms with Crippen LogP contribution < -0.4 is 16.9 Å². The molecule has 5 rings (SSSR count). The number of nitrogens with zero attached hydrogens (tertiary/aromatic N) is 6. The van der Waals surface area contributed by atoms with Crippen molar-refractivity contribution >= 4 is 34.5 Å². The van der Waals surface area contributed by atoms with E-state index in [2.05, 4.69) is 16.5 Å². The third kappa shape index (κ3) is 4.68. The molecule has 1 saturated heterocycles. The van der Waals surface area contributed by atoms with Crippen molar-refractivity contribution in [2.45, 2.75) is 40.2 Å². The highest BCUT2D eigenvalue weighted by Gasteiger charge is 2.31. The van der Waals surface area contributed by atoms with Gasteiger partial charge in [-0.15, -0.1) is 0 Å². The average Bonchev–Trinajstić information content (AvgIpc) is 2.87. The van der Waals surface area contributed by atoms with Crippen molar-refractivity contribution in [3.8, 4) is 17.1 Å². The minimum Gasteiger partial charge on any atom is -0.384 e. The second-order valence-electron chi connectivity index (χ2n) is 10.5. The highest BCUT2D eigenvalue weighted by atomic mass is 35.5. The van der Waals surface area contributed by atoms with E-state index in [4.69, 9.17) is 22.3 Å². The van der Waals surface area contributed by atoms with Crippen LogP contribution in [0, 0.1) is 19.8 Å². The number of halogens is 1. The number of hydrogen-bond donors (Lipinski definition) is 1. The zero-order chi connectivity index (χ0) is 28.9. The Balaban J connectivity index is 1.81. The molecule has 0 atom stereocenters. The van der Waals surface area contributed by atoms with Gasteiger partial charge >= 0.3 is 11.1 Å². The molecule has 1 amide bonds. The number of nitrogen functional groups attached to an aromatic ring is 1. The van der Waals surface area contributed by atoms with E-state index in [9.17, 15) is 14.4 Å². The van der Waals surface area contributed by atoms with Gasteiger partial charge in [-0.2, -0.15) is 0 Å². The van der Waals surface area contributed by atoms with Crippen molar-refractivity contribution in [2.24, 2.45) is 5.92 Å². The number of fused-ring (bicyclic) bond motifs is 1. The number of carbonyl (C=O) groups excluding carboxylic acids is 1. The first-order valence-corrected chi connectivity index (χ1v) is 13.4. The number of nitrogens with two attached hydrogens (primary N) is 1. The summed E-state index contributed by atoms with van der Waals surface area (Å²) in [5.41, 5.74) is 8.81. The van der Waals surface area contributed by atoms with Gasteiger partial charge in [-0.3, -0.25) is 23.9 Å². The number of carbonyl (C=O) groups is 1. The summed E-state index contributed by atoms with van der Waals surface area (Å²) in [5.74, 6) is 0.0799. The normalized spacial score (nSPS) is 13.6. The van der Waals surface area contributed by atoms with E-state index < -0.39 is 11.1 Å². The van der Waals surface area contributed by atoms with Gasteiger partial charge in [-0.25, -0.2) is 9.97 Å². The van der Waals surface area contributed by atoms with E-state index >= 15 is 0 Å². The first kappa shape index (κ1) is 27.3. The van der Waals surface area contributed by atoms with Gasteiger partial charge in [0.2, 0.25) is 5.91 Å². The number of likely N-dealkylation sites (tertiary alicyclic amines) is 1. The molecule has 5 heterocycles. The van der Waals surface area contributed by atoms with Crippen molar-refractivity contribution in [3.63, 3.8) is 0 Å². The predicted octanol–water partition coefficient (Wildman–Crippen LogP) is 3.62. The zero-order valence-electron chi connectivity index (χ0n) is 22.8. The van der Waals surface area contributed by atoms with E-state index in [0.717, 1.165) is 11.1 Å². The molecule has 0 aliphatic carbocycles. The molecule has 40 heavy (non-hydrogen) atoms. The molecule has 11 heteroatoms. The number of pyridine rings is 3. The van der Waals surface area contributed by atoms with Crippen LogP contribution in [0.4, 0.5) is 5.82 Å². The summed E-state index contributed by atoms with van der Waals surface area (Å²) in [4.78, 5) is 55.0. The third-order valence-electron chi connectivity index (χ3n) is 7.11. The molecule has 0 unspecified atom stereocenters. The smallest absolute Gasteiger partial charge is 0.322 e. The maximum Gasteiger partial charge on any atom is 0.322 e. The lowest BCUT2D eigenvalue weighted by Crippen LogP contribution is -2.52. The minimum atomic E-state index is -0.749. The Hall–Kier alpha value is -4.31. The SMILES string of the molecule is C=CC(=O)N1CC(Cn2c(=O)c(=O)n(-c3c(C)ccnc3C(C)C)c3nc(-c4cc(C)cc(N)n4)c(Cl)cc32)C1. The molecule has 0 aromatic carbocycles. The summed E-state index contributed by atoms with van der Waals surface area (Å²) < 4.78 is 2.76. The largest absolute Gasteiger partial charge is 0.384 e. The van der Waals surface area contributed by atoms with Crippen molar-refractivity contribution < 1.29 is 4.79 Å². The van der Waals surface area contributed by atoms with Gasteiger partial charge in [0.25, 0.3) is 0 Å². The number of hydrogen-bond acceptors (Lipinski definition) is 7. The van der Waals surface area contributed by atoms with Gasteiger partial charge in [0.1, 0.15) is 11.5 Å². The Kier molecular flexibility index (Phi) is 7.05. The van der Waals surface area contributed by atoms with Crippen LogP contribution in [0.5, 0.6) is 0 Å². The lowest BCUT2D eigenvalue weighted by molar-refractivity contribution is -0.132. The molecule has 4 aromatic rings. The van der Waals surface area contributed by atoms with E-state index in [1.165, 1.54) is 15.2 Å². The Bertz CT molecular complexity index is 1780. The molecule has 10 nitrogen and oxygen atoms in total. The first-order valence-electron chi connectivity index (χ1n) is 13.0. The molecular formula is C29H30ClN7O3. The van der Waals surface area contributed by atoms with E-state index in [0.29, 0.717) is 47.2 Å². The molecular weight excluding hydrogens is 530 g/mol. The molecule has 2 N–H and O–H groups in total. The van der Waals surface area contributed by atoms with Crippen LogP contribution in [0.25, 0.3) is 28.2 Å². The topological polar surface area (TPSA) is 129 Å². The van der Waals surface area contributed by atoms with Gasteiger partial charge in [0.05, 0.1) is 27.6 Å². The second kappa shape index (κ2) is 10.3. The van der Waals surface area contributed by atoms with Crippen molar-refractivity contribution in [3.05, 3.63) is 85.7 Å². The van der Waals surface area contributed by atoms with E-state index in [1.54, 1.807) is 29.3 Å². The Morgan fingerprint density at radius 2 is 1.90 bits per heavy atom. The third-order valence-corrected chi connectivity index (χ3v) is 7.40. The van der Waals surface area contributed by atoms with Crippen molar-refractivity contribution in [2.75, 3.05) is 18.8 Å². The fourth-order valence-corrected chi connectivity index (χ4v) is 5.41. The second-order valence-corrected chi connectivity index (χ2v) is 10.9. The molecule has 206 valence electrons. The number of aryl methyl sites for hydroxylation is 2. The van der Waals surface area contributed by atoms with Crippen LogP contribution in [0.2, 0.25) is 5.02 Å². The molecule has 1 aliphatic heterocycles. The van der Waals surface area contributed by atoms with E-state index in [1.807, 2.05) is 33.8 Å². The quantitative estimate of drug-likeness (QED) is 0.282. The van der Waals surface area contributed by atoms with Crippen LogP contribution in [0.3, 0.4) is 0 Å². The van der Waals surface area contributed by atoms with Crippen LogP contribution >= 0.6 is 11.6 Å². The number of anilines is 1. The standard InChI is InChI=1S/C29H30ClN7O3/c1-6-23(38)35-12-18(13-35)14-36-21-11-19(30)25(20-9-16(4)10-22(31)33-20)34-27(21)37(29(40)28(36)39)26-17(5)7-8-32-24(26)15(2)3/h6-11,15,18H,1,12-14H2,2-5H3,(H2,31,33). The summed E-state index contributed by atoms with van der Waals surface area (Å²) >= 11 is 6.76. The number of aromatic nitrogens is 5. The zero-order valence-corrected chi connectivity index (χ0v) is 23.6. The number of amides is 1. The van der Waals surface area contributed by atoms with Crippen LogP contribution in [0.1, 0.15) is 36.6 Å². The lowest BCUT2D eigenvalue weighted by atomic mass is 9.99. The summed E-state index contributed by atoms with van der Waals surface area (Å²) in [6.45, 7) is 12.4. The predicted molar refractivity (Wildman–Crippen MR) is 156 cm³/mol. The molecule has 4 aromatic heterocycles. The Morgan fingerprint density at radius 1 is 1.18 bits per heavy atom. The molecule has 0 bridgehead atoms. The summed E-state index contributed by atoms with van der Waals surface area (Å²) in [7, 11) is 0. The Labute approximate surface area is 235 Å². The fourth-order valence-electron chi connectivity index (χ4n) is 5.17. The fraction of sp³-hybridized carbons (Fsp3) is 0.310.